The molecule has 1 aromatic heterocycles. The molecule has 1 atom stereocenters. The number of ether oxygens (including phenoxy) is 1. The Labute approximate surface area is 111 Å². The Bertz CT molecular complexity index is 409. The lowest BCUT2D eigenvalue weighted by molar-refractivity contribution is -0.149. The number of aromatic nitrogens is 1. The van der Waals surface area contributed by atoms with Crippen molar-refractivity contribution >= 4 is 39.6 Å². The van der Waals surface area contributed by atoms with E-state index >= 15 is 0 Å². The van der Waals surface area contributed by atoms with Gasteiger partial charge in [-0.3, -0.25) is 9.59 Å². The van der Waals surface area contributed by atoms with Gasteiger partial charge in [-0.15, -0.1) is 0 Å². The van der Waals surface area contributed by atoms with Crippen molar-refractivity contribution in [3.63, 3.8) is 0 Å². The Morgan fingerprint density at radius 2 is 2.29 bits per heavy atom. The molecule has 1 unspecified atom stereocenters. The molecular formula is C10H10BrNO4S. The molecular weight excluding hydrogens is 310 g/mol. The summed E-state index contributed by atoms with van der Waals surface area (Å²) < 4.78 is 5.47. The zero-order valence-electron chi connectivity index (χ0n) is 8.92. The summed E-state index contributed by atoms with van der Waals surface area (Å²) in [6.45, 7) is 1.77. The third-order valence-electron chi connectivity index (χ3n) is 1.66. The fourth-order valence-electron chi connectivity index (χ4n) is 0.970. The second-order valence-corrected chi connectivity index (χ2v) is 4.94. The molecule has 0 aromatic carbocycles. The summed E-state index contributed by atoms with van der Waals surface area (Å²) in [4.78, 5) is 26.3. The van der Waals surface area contributed by atoms with E-state index < -0.39 is 17.2 Å². The lowest BCUT2D eigenvalue weighted by Crippen LogP contribution is -2.28. The van der Waals surface area contributed by atoms with Gasteiger partial charge < -0.3 is 9.84 Å². The predicted molar refractivity (Wildman–Crippen MR) is 65.9 cm³/mol. The van der Waals surface area contributed by atoms with Crippen molar-refractivity contribution in [3.8, 4) is 0 Å². The number of carboxylic acids is 1. The Kier molecular flexibility index (Phi) is 5.43. The first kappa shape index (κ1) is 14.0. The van der Waals surface area contributed by atoms with E-state index in [9.17, 15) is 9.59 Å². The van der Waals surface area contributed by atoms with Gasteiger partial charge in [0.15, 0.2) is 0 Å². The Morgan fingerprint density at radius 1 is 1.59 bits per heavy atom. The average molecular weight is 320 g/mol. The molecule has 1 N–H and O–H groups in total. The minimum atomic E-state index is -1.29. The summed E-state index contributed by atoms with van der Waals surface area (Å²) in [5.41, 5.74) is 0. The highest BCUT2D eigenvalue weighted by molar-refractivity contribution is 9.10. The van der Waals surface area contributed by atoms with E-state index in [4.69, 9.17) is 5.11 Å². The van der Waals surface area contributed by atoms with Crippen LogP contribution in [0.15, 0.2) is 27.8 Å². The van der Waals surface area contributed by atoms with Crippen molar-refractivity contribution in [1.29, 1.82) is 0 Å². The van der Waals surface area contributed by atoms with Crippen LogP contribution in [0.25, 0.3) is 0 Å². The van der Waals surface area contributed by atoms with Crippen molar-refractivity contribution in [2.45, 2.75) is 17.2 Å². The maximum absolute atomic E-state index is 11.4. The standard InChI is InChI=1S/C10H10BrNO4S/c1-2-16-10(15)8(9(13)14)17-7-4-3-6(11)5-12-7/h3-5,8H,2H2,1H3,(H,13,14). The van der Waals surface area contributed by atoms with Crippen LogP contribution in [0.3, 0.4) is 0 Å². The first-order valence-electron chi connectivity index (χ1n) is 4.72. The molecule has 1 rings (SSSR count). The molecule has 0 saturated carbocycles. The van der Waals surface area contributed by atoms with Crippen LogP contribution < -0.4 is 0 Å². The number of rotatable bonds is 5. The number of aliphatic carboxylic acids is 1. The van der Waals surface area contributed by atoms with Gasteiger partial charge >= 0.3 is 11.9 Å². The van der Waals surface area contributed by atoms with Crippen LogP contribution in [0.2, 0.25) is 0 Å². The fraction of sp³-hybridized carbons (Fsp3) is 0.300. The van der Waals surface area contributed by atoms with Gasteiger partial charge in [-0.05, 0) is 35.0 Å². The topological polar surface area (TPSA) is 76.5 Å². The summed E-state index contributed by atoms with van der Waals surface area (Å²) in [7, 11) is 0. The lowest BCUT2D eigenvalue weighted by atomic mass is 10.4. The number of esters is 1. The number of carbonyl (C=O) groups excluding carboxylic acids is 1. The molecule has 1 aromatic rings. The van der Waals surface area contributed by atoms with Gasteiger partial charge in [0, 0.05) is 10.7 Å². The summed E-state index contributed by atoms with van der Waals surface area (Å²) in [5, 5.41) is 8.09. The van der Waals surface area contributed by atoms with Crippen LogP contribution in [0.4, 0.5) is 0 Å². The lowest BCUT2D eigenvalue weighted by Gasteiger charge is -2.10. The third kappa shape index (κ3) is 4.35. The minimum Gasteiger partial charge on any atom is -0.480 e. The number of carbonyl (C=O) groups is 2. The molecule has 0 radical (unpaired) electrons. The van der Waals surface area contributed by atoms with Crippen molar-refractivity contribution in [2.75, 3.05) is 6.61 Å². The number of thioether (sulfide) groups is 1. The summed E-state index contributed by atoms with van der Waals surface area (Å²) in [6, 6.07) is 3.35. The van der Waals surface area contributed by atoms with Gasteiger partial charge in [0.05, 0.1) is 11.6 Å². The van der Waals surface area contributed by atoms with Crippen molar-refractivity contribution in [3.05, 3.63) is 22.8 Å². The Balaban J connectivity index is 2.76. The van der Waals surface area contributed by atoms with Crippen LogP contribution in [-0.4, -0.2) is 33.9 Å². The normalized spacial score (nSPS) is 11.9. The fourth-order valence-corrected chi connectivity index (χ4v) is 1.97. The van der Waals surface area contributed by atoms with E-state index in [1.54, 1.807) is 19.1 Å². The number of pyridine rings is 1. The molecule has 0 aliphatic heterocycles. The number of halogens is 1. The van der Waals surface area contributed by atoms with E-state index in [0.29, 0.717) is 5.03 Å². The van der Waals surface area contributed by atoms with Gasteiger partial charge in [0.1, 0.15) is 0 Å². The highest BCUT2D eigenvalue weighted by Crippen LogP contribution is 2.23. The molecule has 17 heavy (non-hydrogen) atoms. The molecule has 92 valence electrons. The second kappa shape index (κ2) is 6.61. The molecule has 1 heterocycles. The number of hydrogen-bond acceptors (Lipinski definition) is 5. The summed E-state index contributed by atoms with van der Waals surface area (Å²) >= 11 is 4.06. The van der Waals surface area contributed by atoms with Gasteiger partial charge in [0.25, 0.3) is 0 Å². The first-order chi connectivity index (χ1) is 8.04. The predicted octanol–water partition coefficient (Wildman–Crippen LogP) is 1.95. The maximum Gasteiger partial charge on any atom is 0.331 e. The quantitative estimate of drug-likeness (QED) is 0.508. The maximum atomic E-state index is 11.4. The Hall–Kier alpha value is -1.08. The van der Waals surface area contributed by atoms with E-state index in [0.717, 1.165) is 16.2 Å². The zero-order valence-corrected chi connectivity index (χ0v) is 11.3. The van der Waals surface area contributed by atoms with Crippen LogP contribution in [0, 0.1) is 0 Å². The Morgan fingerprint density at radius 3 is 2.76 bits per heavy atom. The van der Waals surface area contributed by atoms with E-state index in [1.165, 1.54) is 6.20 Å². The van der Waals surface area contributed by atoms with Crippen molar-refractivity contribution in [1.82, 2.24) is 4.98 Å². The number of hydrogen-bond donors (Lipinski definition) is 1. The summed E-state index contributed by atoms with van der Waals surface area (Å²) in [6.07, 6.45) is 1.53. The van der Waals surface area contributed by atoms with E-state index in [1.807, 2.05) is 0 Å². The van der Waals surface area contributed by atoms with Crippen molar-refractivity contribution < 1.29 is 19.4 Å². The second-order valence-electron chi connectivity index (χ2n) is 2.90. The smallest absolute Gasteiger partial charge is 0.331 e. The van der Waals surface area contributed by atoms with Gasteiger partial charge in [-0.25, -0.2) is 4.98 Å². The molecule has 7 heteroatoms. The molecule has 0 bridgehead atoms. The monoisotopic (exact) mass is 319 g/mol. The highest BCUT2D eigenvalue weighted by atomic mass is 79.9. The molecule has 0 spiro atoms. The first-order valence-corrected chi connectivity index (χ1v) is 6.39. The molecule has 0 aliphatic carbocycles. The molecule has 0 aliphatic rings. The minimum absolute atomic E-state index is 0.150. The van der Waals surface area contributed by atoms with E-state index in [-0.39, 0.29) is 6.61 Å². The number of nitrogens with zero attached hydrogens (tertiary/aromatic N) is 1. The molecule has 0 saturated heterocycles. The average Bonchev–Trinajstić information content (AvgIpc) is 2.28. The number of carboxylic acid groups (broad SMARTS) is 1. The summed E-state index contributed by atoms with van der Waals surface area (Å²) in [5.74, 6) is -2.01. The van der Waals surface area contributed by atoms with Crippen LogP contribution in [0.5, 0.6) is 0 Å². The van der Waals surface area contributed by atoms with Gasteiger partial charge in [0.2, 0.25) is 5.25 Å². The van der Waals surface area contributed by atoms with Crippen LogP contribution >= 0.6 is 27.7 Å². The molecule has 0 fully saturated rings. The van der Waals surface area contributed by atoms with Crippen LogP contribution in [-0.2, 0) is 14.3 Å². The van der Waals surface area contributed by atoms with Crippen LogP contribution in [0.1, 0.15) is 6.92 Å². The third-order valence-corrected chi connectivity index (χ3v) is 3.25. The molecule has 0 amide bonds. The van der Waals surface area contributed by atoms with Gasteiger partial charge in [-0.1, -0.05) is 11.8 Å². The highest BCUT2D eigenvalue weighted by Gasteiger charge is 2.29. The van der Waals surface area contributed by atoms with Crippen molar-refractivity contribution in [2.24, 2.45) is 0 Å². The SMILES string of the molecule is CCOC(=O)C(Sc1ccc(Br)cn1)C(=O)O. The largest absolute Gasteiger partial charge is 0.480 e. The zero-order chi connectivity index (χ0) is 12.8. The molecule has 5 nitrogen and oxygen atoms in total. The van der Waals surface area contributed by atoms with E-state index in [2.05, 4.69) is 25.7 Å². The van der Waals surface area contributed by atoms with Gasteiger partial charge in [-0.2, -0.15) is 0 Å².